The van der Waals surface area contributed by atoms with Crippen molar-refractivity contribution in [2.45, 2.75) is 26.8 Å². The average molecular weight is 305 g/mol. The summed E-state index contributed by atoms with van der Waals surface area (Å²) in [6, 6.07) is -0.0484. The van der Waals surface area contributed by atoms with Gasteiger partial charge in [-0.3, -0.25) is 10.1 Å². The zero-order valence-corrected chi connectivity index (χ0v) is 12.7. The molecule has 0 fully saturated rings. The Labute approximate surface area is 117 Å². The van der Waals surface area contributed by atoms with Crippen molar-refractivity contribution < 1.29 is 13.3 Å². The Kier molecular flexibility index (Phi) is 5.06. The maximum Gasteiger partial charge on any atom is 0.333 e. The highest BCUT2D eigenvalue weighted by Gasteiger charge is 2.26. The summed E-state index contributed by atoms with van der Waals surface area (Å²) in [7, 11) is -3.27. The molecule has 0 unspecified atom stereocenters. The smallest absolute Gasteiger partial charge is 0.333 e. The number of sulfonamides is 1. The van der Waals surface area contributed by atoms with Crippen molar-refractivity contribution >= 4 is 21.5 Å². The summed E-state index contributed by atoms with van der Waals surface area (Å²) in [6.45, 7) is 5.65. The van der Waals surface area contributed by atoms with Gasteiger partial charge in [0.25, 0.3) is 0 Å². The molecule has 0 saturated heterocycles. The van der Waals surface area contributed by atoms with Gasteiger partial charge in [-0.05, 0) is 20.8 Å². The number of nitrogens with one attached hydrogen (secondary N) is 2. The Morgan fingerprint density at radius 2 is 2.00 bits per heavy atom. The molecular weight excluding hydrogens is 286 g/mol. The number of anilines is 1. The fourth-order valence-corrected chi connectivity index (χ4v) is 2.19. The van der Waals surface area contributed by atoms with Crippen LogP contribution in [-0.2, 0) is 10.0 Å². The first-order chi connectivity index (χ1) is 9.13. The quantitative estimate of drug-likeness (QED) is 0.433. The molecule has 114 valence electrons. The summed E-state index contributed by atoms with van der Waals surface area (Å²) < 4.78 is 25.7. The molecule has 1 heterocycles. The molecule has 0 aliphatic carbocycles. The molecule has 0 aromatic carbocycles. The molecule has 20 heavy (non-hydrogen) atoms. The molecule has 0 radical (unpaired) electrons. The van der Waals surface area contributed by atoms with Crippen molar-refractivity contribution in [1.82, 2.24) is 14.5 Å². The lowest BCUT2D eigenvalue weighted by atomic mass is 10.3. The number of nitrogens with zero attached hydrogens (tertiary/aromatic N) is 3. The molecule has 0 saturated carbocycles. The summed E-state index contributed by atoms with van der Waals surface area (Å²) in [5.74, 6) is 0.290. The van der Waals surface area contributed by atoms with E-state index >= 15 is 0 Å². The summed E-state index contributed by atoms with van der Waals surface area (Å²) in [4.78, 5) is 10.6. The van der Waals surface area contributed by atoms with Crippen LogP contribution in [0.4, 0.5) is 11.5 Å². The molecule has 10 heteroatoms. The zero-order valence-electron chi connectivity index (χ0n) is 11.9. The number of aromatic nitrogens is 2. The molecule has 1 aromatic rings. The van der Waals surface area contributed by atoms with E-state index in [1.165, 1.54) is 4.68 Å². The predicted octanol–water partition coefficient (Wildman–Crippen LogP) is 0.642. The maximum atomic E-state index is 11.1. The van der Waals surface area contributed by atoms with Crippen molar-refractivity contribution in [3.8, 4) is 0 Å². The monoisotopic (exact) mass is 305 g/mol. The second-order valence-electron chi connectivity index (χ2n) is 4.67. The van der Waals surface area contributed by atoms with E-state index in [-0.39, 0.29) is 30.6 Å². The van der Waals surface area contributed by atoms with Crippen LogP contribution in [0.1, 0.15) is 25.6 Å². The molecule has 9 nitrogen and oxygen atoms in total. The maximum absolute atomic E-state index is 11.1. The summed E-state index contributed by atoms with van der Waals surface area (Å²) in [6.07, 6.45) is 1.05. The van der Waals surface area contributed by atoms with Crippen LogP contribution in [0.5, 0.6) is 0 Å². The Hall–Kier alpha value is -1.68. The van der Waals surface area contributed by atoms with Gasteiger partial charge in [0, 0.05) is 19.1 Å². The minimum Gasteiger partial charge on any atom is -0.363 e. The molecular formula is C10H19N5O4S. The second kappa shape index (κ2) is 6.18. The van der Waals surface area contributed by atoms with Crippen molar-refractivity contribution in [3.63, 3.8) is 0 Å². The first-order valence-corrected chi connectivity index (χ1v) is 7.94. The third kappa shape index (κ3) is 4.17. The van der Waals surface area contributed by atoms with Crippen LogP contribution in [0.2, 0.25) is 0 Å². The van der Waals surface area contributed by atoms with E-state index in [9.17, 15) is 18.5 Å². The first-order valence-electron chi connectivity index (χ1n) is 6.05. The van der Waals surface area contributed by atoms with Gasteiger partial charge in [0.15, 0.2) is 0 Å². The standard InChI is InChI=1S/C10H19N5O4S/c1-7(2)14-10(9(15(16)17)8(3)13-14)11-5-6-12-20(4,18)19/h7,11-12H,5-6H2,1-4H3. The van der Waals surface area contributed by atoms with Crippen LogP contribution in [0.3, 0.4) is 0 Å². The van der Waals surface area contributed by atoms with Gasteiger partial charge in [-0.2, -0.15) is 5.10 Å². The van der Waals surface area contributed by atoms with E-state index in [0.717, 1.165) is 6.26 Å². The van der Waals surface area contributed by atoms with E-state index in [0.29, 0.717) is 5.69 Å². The van der Waals surface area contributed by atoms with Gasteiger partial charge in [-0.1, -0.05) is 0 Å². The van der Waals surface area contributed by atoms with E-state index in [2.05, 4.69) is 15.1 Å². The van der Waals surface area contributed by atoms with E-state index in [4.69, 9.17) is 0 Å². The van der Waals surface area contributed by atoms with Gasteiger partial charge >= 0.3 is 5.69 Å². The van der Waals surface area contributed by atoms with Gasteiger partial charge in [-0.25, -0.2) is 17.8 Å². The lowest BCUT2D eigenvalue weighted by Crippen LogP contribution is -2.28. The summed E-state index contributed by atoms with van der Waals surface area (Å²) in [5.41, 5.74) is 0.236. The minimum absolute atomic E-state index is 0.0484. The second-order valence-corrected chi connectivity index (χ2v) is 6.50. The Morgan fingerprint density at radius 3 is 2.45 bits per heavy atom. The van der Waals surface area contributed by atoms with E-state index in [1.807, 2.05) is 13.8 Å². The first kappa shape index (κ1) is 16.4. The van der Waals surface area contributed by atoms with E-state index in [1.54, 1.807) is 6.92 Å². The van der Waals surface area contributed by atoms with Gasteiger partial charge in [0.2, 0.25) is 15.8 Å². The van der Waals surface area contributed by atoms with Crippen LogP contribution < -0.4 is 10.0 Å². The van der Waals surface area contributed by atoms with E-state index < -0.39 is 14.9 Å². The Bertz CT molecular complexity index is 593. The lowest BCUT2D eigenvalue weighted by molar-refractivity contribution is -0.384. The molecule has 2 N–H and O–H groups in total. The summed E-state index contributed by atoms with van der Waals surface area (Å²) in [5, 5.41) is 18.1. The topological polar surface area (TPSA) is 119 Å². The number of hydrogen-bond donors (Lipinski definition) is 2. The normalized spacial score (nSPS) is 11.8. The molecule has 0 aliphatic heterocycles. The van der Waals surface area contributed by atoms with Gasteiger partial charge in [0.1, 0.15) is 5.69 Å². The van der Waals surface area contributed by atoms with Crippen LogP contribution in [0, 0.1) is 17.0 Å². The molecule has 0 bridgehead atoms. The highest BCUT2D eigenvalue weighted by Crippen LogP contribution is 2.30. The van der Waals surface area contributed by atoms with Gasteiger partial charge in [0.05, 0.1) is 11.2 Å². The third-order valence-corrected chi connectivity index (χ3v) is 3.24. The fourth-order valence-electron chi connectivity index (χ4n) is 1.71. The average Bonchev–Trinajstić information content (AvgIpc) is 2.60. The van der Waals surface area contributed by atoms with Crippen LogP contribution in [0.25, 0.3) is 0 Å². The SMILES string of the molecule is Cc1nn(C(C)C)c(NCCNS(C)(=O)=O)c1[N+](=O)[O-]. The Morgan fingerprint density at radius 1 is 1.40 bits per heavy atom. The van der Waals surface area contributed by atoms with Gasteiger partial charge in [-0.15, -0.1) is 0 Å². The Balaban J connectivity index is 2.89. The highest BCUT2D eigenvalue weighted by atomic mass is 32.2. The largest absolute Gasteiger partial charge is 0.363 e. The van der Waals surface area contributed by atoms with Crippen molar-refractivity contribution in [1.29, 1.82) is 0 Å². The van der Waals surface area contributed by atoms with Crippen molar-refractivity contribution in [2.75, 3.05) is 24.7 Å². The predicted molar refractivity (Wildman–Crippen MR) is 75.3 cm³/mol. The van der Waals surface area contributed by atoms with Crippen LogP contribution in [0.15, 0.2) is 0 Å². The molecule has 0 spiro atoms. The molecule has 1 rings (SSSR count). The van der Waals surface area contributed by atoms with Crippen molar-refractivity contribution in [3.05, 3.63) is 15.8 Å². The van der Waals surface area contributed by atoms with Crippen LogP contribution in [-0.4, -0.2) is 42.5 Å². The van der Waals surface area contributed by atoms with Crippen molar-refractivity contribution in [2.24, 2.45) is 0 Å². The number of aryl methyl sites for hydroxylation is 1. The van der Waals surface area contributed by atoms with Gasteiger partial charge < -0.3 is 5.32 Å². The highest BCUT2D eigenvalue weighted by molar-refractivity contribution is 7.88. The molecule has 0 aliphatic rings. The van der Waals surface area contributed by atoms with Crippen LogP contribution >= 0.6 is 0 Å². The lowest BCUT2D eigenvalue weighted by Gasteiger charge is -2.11. The molecule has 0 atom stereocenters. The zero-order chi connectivity index (χ0) is 15.5. The number of rotatable bonds is 7. The number of hydrogen-bond acceptors (Lipinski definition) is 6. The third-order valence-electron chi connectivity index (χ3n) is 2.51. The fraction of sp³-hybridized carbons (Fsp3) is 0.700. The number of nitro groups is 1. The minimum atomic E-state index is -3.27. The molecule has 0 amide bonds. The molecule has 1 aromatic heterocycles. The summed E-state index contributed by atoms with van der Waals surface area (Å²) >= 11 is 0.